The third kappa shape index (κ3) is 14.8. The third-order valence-electron chi connectivity index (χ3n) is 6.68. The fourth-order valence-corrected chi connectivity index (χ4v) is 4.90. The molecule has 1 saturated carbocycles. The second kappa shape index (κ2) is 18.9. The predicted molar refractivity (Wildman–Crippen MR) is 178 cm³/mol. The average molecular weight is 656 g/mol. The first kappa shape index (κ1) is 39.3. The molecule has 0 aromatic heterocycles. The van der Waals surface area contributed by atoms with Crippen LogP contribution in [-0.2, 0) is 14.4 Å². The first-order chi connectivity index (χ1) is 20.5. The molecule has 2 amide bonds. The minimum Gasteiger partial charge on any atom is -0.480 e. The zero-order chi connectivity index (χ0) is 33.5. The number of hydrogen-bond acceptors (Lipinski definition) is 5. The maximum absolute atomic E-state index is 14.4. The fourth-order valence-electron chi connectivity index (χ4n) is 4.54. The van der Waals surface area contributed by atoms with Gasteiger partial charge in [-0.2, -0.15) is 0 Å². The van der Waals surface area contributed by atoms with Crippen molar-refractivity contribution in [2.45, 2.75) is 97.1 Å². The summed E-state index contributed by atoms with van der Waals surface area (Å²) in [5, 5.41) is 17.6. The van der Waals surface area contributed by atoms with E-state index >= 15 is 0 Å². The van der Waals surface area contributed by atoms with Gasteiger partial charge in [0.15, 0.2) is 0 Å². The summed E-state index contributed by atoms with van der Waals surface area (Å²) in [5.74, 6) is -1.41. The van der Waals surface area contributed by atoms with Gasteiger partial charge in [-0.3, -0.25) is 14.4 Å². The van der Waals surface area contributed by atoms with Gasteiger partial charge in [-0.1, -0.05) is 88.4 Å². The Kier molecular flexibility index (Phi) is 16.9. The second-order valence-electron chi connectivity index (χ2n) is 13.2. The lowest BCUT2D eigenvalue weighted by molar-refractivity contribution is -0.141. The minimum absolute atomic E-state index is 0.0164. The zero-order valence-corrected chi connectivity index (χ0v) is 28.2. The Labute approximate surface area is 271 Å². The maximum Gasteiger partial charge on any atom is 0.323 e. The number of nitrogens with two attached hydrogens (primary N) is 1. The van der Waals surface area contributed by atoms with E-state index in [1.807, 2.05) is 6.07 Å². The van der Waals surface area contributed by atoms with Gasteiger partial charge in [-0.15, -0.1) is 0 Å². The van der Waals surface area contributed by atoms with E-state index in [4.69, 9.17) is 34.0 Å². The fraction of sp³-hybridized carbons (Fsp3) is 0.545. The minimum atomic E-state index is -1.08. The Morgan fingerprint density at radius 1 is 0.955 bits per heavy atom. The molecule has 1 aliphatic carbocycles. The predicted octanol–water partition coefficient (Wildman–Crippen LogP) is 7.10. The first-order valence-electron chi connectivity index (χ1n) is 14.9. The smallest absolute Gasteiger partial charge is 0.323 e. The van der Waals surface area contributed by atoms with E-state index in [9.17, 15) is 18.8 Å². The van der Waals surface area contributed by atoms with Gasteiger partial charge in [0.1, 0.15) is 11.4 Å². The standard InChI is InChI=1S/C17H15Cl2FN2O.C7H13NO.C5H12.C4H9NO2/c18-10-4-5-11(16(6-10)22-9-23)13-7-21-8-14(13)12-2-1-3-15(19)17(12)20;9-6-8-7-4-2-1-3-5-7;1-5(2,3)4;1-4(2,5)3(6)7/h1-6,9,13-14,21H,7-8H2,(H,22,23);6-7H,1-5H2,(H,8,9);1-4H3;5H2,1-2H3,(H,6,7). The van der Waals surface area contributed by atoms with Crippen LogP contribution < -0.4 is 21.7 Å². The number of aliphatic carboxylic acids is 1. The molecule has 6 N–H and O–H groups in total. The number of hydrogen-bond donors (Lipinski definition) is 5. The van der Waals surface area contributed by atoms with E-state index < -0.39 is 11.5 Å². The molecular formula is C33H49Cl2FN4O4. The normalized spacial score (nSPS) is 18.2. The van der Waals surface area contributed by atoms with Crippen LogP contribution >= 0.6 is 23.2 Å². The molecular weight excluding hydrogens is 606 g/mol. The summed E-state index contributed by atoms with van der Waals surface area (Å²) in [6, 6.07) is 10.9. The molecule has 2 aromatic rings. The van der Waals surface area contributed by atoms with Gasteiger partial charge in [0.05, 0.1) is 5.02 Å². The molecule has 4 rings (SSSR count). The van der Waals surface area contributed by atoms with Crippen LogP contribution in [0.1, 0.15) is 96.6 Å². The summed E-state index contributed by atoms with van der Waals surface area (Å²) in [7, 11) is 0. The summed E-state index contributed by atoms with van der Waals surface area (Å²) >= 11 is 11.9. The van der Waals surface area contributed by atoms with Crippen LogP contribution in [0.4, 0.5) is 10.1 Å². The van der Waals surface area contributed by atoms with E-state index in [1.54, 1.807) is 30.3 Å². The maximum atomic E-state index is 14.4. The molecule has 2 fully saturated rings. The lowest BCUT2D eigenvalue weighted by Crippen LogP contribution is -2.41. The number of anilines is 1. The van der Waals surface area contributed by atoms with Crippen molar-refractivity contribution < 1.29 is 23.9 Å². The molecule has 11 heteroatoms. The molecule has 1 aliphatic heterocycles. The number of carboxylic acids is 1. The summed E-state index contributed by atoms with van der Waals surface area (Å²) < 4.78 is 14.4. The summed E-state index contributed by atoms with van der Waals surface area (Å²) in [6.45, 7) is 13.0. The number of halogens is 3. The lowest BCUT2D eigenvalue weighted by Gasteiger charge is -2.22. The van der Waals surface area contributed by atoms with E-state index in [-0.39, 0.29) is 22.7 Å². The Morgan fingerprint density at radius 2 is 1.50 bits per heavy atom. The molecule has 8 nitrogen and oxygen atoms in total. The van der Waals surface area contributed by atoms with Crippen molar-refractivity contribution in [1.29, 1.82) is 0 Å². The molecule has 2 aromatic carbocycles. The largest absolute Gasteiger partial charge is 0.480 e. The van der Waals surface area contributed by atoms with Crippen molar-refractivity contribution in [3.63, 3.8) is 0 Å². The van der Waals surface area contributed by atoms with Crippen LogP contribution in [0.25, 0.3) is 0 Å². The van der Waals surface area contributed by atoms with Crippen LogP contribution in [0.2, 0.25) is 10.0 Å². The van der Waals surface area contributed by atoms with E-state index in [0.29, 0.717) is 47.2 Å². The van der Waals surface area contributed by atoms with Crippen molar-refractivity contribution in [1.82, 2.24) is 10.6 Å². The quantitative estimate of drug-likeness (QED) is 0.202. The number of carboxylic acid groups (broad SMARTS) is 1. The molecule has 0 radical (unpaired) electrons. The van der Waals surface area contributed by atoms with Gasteiger partial charge in [-0.05, 0) is 61.4 Å². The summed E-state index contributed by atoms with van der Waals surface area (Å²) in [5.41, 5.74) is 6.65. The molecule has 2 atom stereocenters. The van der Waals surface area contributed by atoms with Crippen LogP contribution in [0, 0.1) is 11.2 Å². The van der Waals surface area contributed by atoms with Crippen LogP contribution in [0.15, 0.2) is 36.4 Å². The zero-order valence-electron chi connectivity index (χ0n) is 26.7. The number of amides is 2. The van der Waals surface area contributed by atoms with E-state index in [0.717, 1.165) is 12.0 Å². The summed E-state index contributed by atoms with van der Waals surface area (Å²) in [6.07, 6.45) is 7.70. The topological polar surface area (TPSA) is 134 Å². The Morgan fingerprint density at radius 3 is 2.00 bits per heavy atom. The number of carbonyl (C=O) groups excluding carboxylic acids is 2. The van der Waals surface area contributed by atoms with Crippen LogP contribution in [-0.4, -0.2) is 48.6 Å². The van der Waals surface area contributed by atoms with Crippen molar-refractivity contribution >= 4 is 47.7 Å². The lowest BCUT2D eigenvalue weighted by atomic mass is 9.83. The van der Waals surface area contributed by atoms with Crippen LogP contribution in [0.5, 0.6) is 0 Å². The monoisotopic (exact) mass is 654 g/mol. The van der Waals surface area contributed by atoms with E-state index in [2.05, 4.69) is 43.6 Å². The van der Waals surface area contributed by atoms with Gasteiger partial charge < -0.3 is 26.8 Å². The second-order valence-corrected chi connectivity index (χ2v) is 14.0. The van der Waals surface area contributed by atoms with Gasteiger partial charge in [0, 0.05) is 41.7 Å². The number of nitrogens with one attached hydrogen (secondary N) is 3. The number of benzene rings is 2. The highest BCUT2D eigenvalue weighted by Gasteiger charge is 2.33. The molecule has 0 spiro atoms. The summed E-state index contributed by atoms with van der Waals surface area (Å²) in [4.78, 5) is 30.7. The third-order valence-corrected chi connectivity index (χ3v) is 7.21. The highest BCUT2D eigenvalue weighted by Crippen LogP contribution is 2.41. The van der Waals surface area contributed by atoms with E-state index in [1.165, 1.54) is 46.0 Å². The van der Waals surface area contributed by atoms with Gasteiger partial charge in [0.25, 0.3) is 0 Å². The van der Waals surface area contributed by atoms with Crippen molar-refractivity contribution in [2.24, 2.45) is 11.1 Å². The highest BCUT2D eigenvalue weighted by molar-refractivity contribution is 6.31. The average Bonchev–Trinajstić information content (AvgIpc) is 3.40. The first-order valence-corrected chi connectivity index (χ1v) is 15.6. The highest BCUT2D eigenvalue weighted by atomic mass is 35.5. The molecule has 0 bridgehead atoms. The Bertz CT molecular complexity index is 1190. The van der Waals surface area contributed by atoms with Gasteiger partial charge in [-0.25, -0.2) is 4.39 Å². The molecule has 246 valence electrons. The Hall–Kier alpha value is -2.72. The molecule has 2 unspecified atom stereocenters. The molecule has 1 saturated heterocycles. The van der Waals surface area contributed by atoms with Crippen molar-refractivity contribution in [3.05, 3.63) is 63.4 Å². The van der Waals surface area contributed by atoms with Crippen molar-refractivity contribution in [2.75, 3.05) is 18.4 Å². The van der Waals surface area contributed by atoms with Gasteiger partial charge >= 0.3 is 5.97 Å². The molecule has 2 aliphatic rings. The Balaban J connectivity index is 0.000000377. The SMILES string of the molecule is CC(C)(C)C.CC(C)(N)C(=O)O.O=CNC1CCCCC1.O=CNc1cc(Cl)ccc1C1CNCC1c1cccc(Cl)c1F. The molecule has 1 heterocycles. The van der Waals surface area contributed by atoms with Gasteiger partial charge in [0.2, 0.25) is 12.8 Å². The number of carbonyl (C=O) groups is 3. The van der Waals surface area contributed by atoms with Crippen molar-refractivity contribution in [3.8, 4) is 0 Å². The van der Waals surface area contributed by atoms with Crippen LogP contribution in [0.3, 0.4) is 0 Å². The molecule has 44 heavy (non-hydrogen) atoms. The number of rotatable bonds is 7.